The van der Waals surface area contributed by atoms with Crippen molar-refractivity contribution in [3.05, 3.63) is 0 Å². The molecule has 1 N–H and O–H groups in total. The highest BCUT2D eigenvalue weighted by Crippen LogP contribution is 2.32. The Bertz CT molecular complexity index is 273. The number of carbonyl (C=O) groups excluding carboxylic acids is 1. The van der Waals surface area contributed by atoms with E-state index in [0.717, 1.165) is 19.5 Å². The average molecular weight is 241 g/mol. The van der Waals surface area contributed by atoms with Crippen LogP contribution < -0.4 is 5.32 Å². The highest BCUT2D eigenvalue weighted by atomic mass is 16.6. The number of hydrogen-bond donors (Lipinski definition) is 1. The molecule has 2 atom stereocenters. The molecule has 0 amide bonds. The third-order valence-corrected chi connectivity index (χ3v) is 2.92. The second kappa shape index (κ2) is 4.97. The molecule has 17 heavy (non-hydrogen) atoms. The summed E-state index contributed by atoms with van der Waals surface area (Å²) in [7, 11) is 0. The van der Waals surface area contributed by atoms with Gasteiger partial charge in [0.05, 0.1) is 5.92 Å². The van der Waals surface area contributed by atoms with Crippen molar-refractivity contribution in [3.8, 4) is 0 Å². The summed E-state index contributed by atoms with van der Waals surface area (Å²) in [6.07, 6.45) is 1.06. The minimum absolute atomic E-state index is 0.0217. The largest absolute Gasteiger partial charge is 0.460 e. The quantitative estimate of drug-likeness (QED) is 0.755. The summed E-state index contributed by atoms with van der Waals surface area (Å²) in [5.41, 5.74) is -0.122. The first kappa shape index (κ1) is 14.5. The molecule has 0 radical (unpaired) electrons. The molecule has 0 bridgehead atoms. The van der Waals surface area contributed by atoms with Gasteiger partial charge >= 0.3 is 5.97 Å². The molecule has 1 aliphatic rings. The van der Waals surface area contributed by atoms with Gasteiger partial charge in [-0.2, -0.15) is 0 Å². The van der Waals surface area contributed by atoms with E-state index < -0.39 is 0 Å². The van der Waals surface area contributed by atoms with Crippen molar-refractivity contribution in [2.75, 3.05) is 13.1 Å². The zero-order valence-corrected chi connectivity index (χ0v) is 12.1. The fraction of sp³-hybridized carbons (Fsp3) is 0.929. The lowest BCUT2D eigenvalue weighted by atomic mass is 9.80. The van der Waals surface area contributed by atoms with Gasteiger partial charge in [0.25, 0.3) is 0 Å². The van der Waals surface area contributed by atoms with Crippen LogP contribution in [0.2, 0.25) is 0 Å². The fourth-order valence-electron chi connectivity index (χ4n) is 2.39. The first-order chi connectivity index (χ1) is 7.58. The highest BCUT2D eigenvalue weighted by Gasteiger charge is 2.37. The molecule has 0 aromatic rings. The molecule has 1 saturated heterocycles. The summed E-state index contributed by atoms with van der Waals surface area (Å²) in [6, 6.07) is 0. The topological polar surface area (TPSA) is 38.3 Å². The lowest BCUT2D eigenvalue weighted by molar-refractivity contribution is -0.160. The van der Waals surface area contributed by atoms with Crippen molar-refractivity contribution in [2.45, 2.75) is 53.6 Å². The normalized spacial score (nSPS) is 26.0. The van der Waals surface area contributed by atoms with Gasteiger partial charge in [0, 0.05) is 6.54 Å². The summed E-state index contributed by atoms with van der Waals surface area (Å²) in [5.74, 6) is 0.384. The summed E-state index contributed by atoms with van der Waals surface area (Å²) >= 11 is 0. The van der Waals surface area contributed by atoms with E-state index in [1.54, 1.807) is 0 Å². The number of esters is 1. The molecular formula is C14H27NO2. The lowest BCUT2D eigenvalue weighted by Gasteiger charge is -2.28. The van der Waals surface area contributed by atoms with Gasteiger partial charge in [-0.3, -0.25) is 4.79 Å². The van der Waals surface area contributed by atoms with E-state index in [1.807, 2.05) is 20.8 Å². The molecule has 0 saturated carbocycles. The third-order valence-electron chi connectivity index (χ3n) is 2.92. The van der Waals surface area contributed by atoms with E-state index in [9.17, 15) is 4.79 Å². The molecule has 0 aliphatic carbocycles. The molecule has 1 fully saturated rings. The minimum Gasteiger partial charge on any atom is -0.460 e. The number of carbonyl (C=O) groups is 1. The molecule has 1 aliphatic heterocycles. The van der Waals surface area contributed by atoms with Gasteiger partial charge in [-0.05, 0) is 45.1 Å². The molecule has 3 heteroatoms. The Morgan fingerprint density at radius 1 is 1.18 bits per heavy atom. The van der Waals surface area contributed by atoms with Crippen molar-refractivity contribution in [1.29, 1.82) is 0 Å². The molecule has 0 aromatic carbocycles. The van der Waals surface area contributed by atoms with E-state index in [4.69, 9.17) is 4.74 Å². The Balaban J connectivity index is 2.60. The molecule has 0 aromatic heterocycles. The Kier molecular flexibility index (Phi) is 4.23. The van der Waals surface area contributed by atoms with E-state index in [2.05, 4.69) is 26.1 Å². The smallest absolute Gasteiger partial charge is 0.311 e. The van der Waals surface area contributed by atoms with Gasteiger partial charge in [-0.15, -0.1) is 0 Å². The van der Waals surface area contributed by atoms with Crippen LogP contribution >= 0.6 is 0 Å². The van der Waals surface area contributed by atoms with Crippen LogP contribution in [0, 0.1) is 17.3 Å². The zero-order chi connectivity index (χ0) is 13.3. The summed E-state index contributed by atoms with van der Waals surface area (Å²) in [5, 5.41) is 3.31. The van der Waals surface area contributed by atoms with E-state index in [0.29, 0.717) is 5.92 Å². The van der Waals surface area contributed by atoms with Crippen molar-refractivity contribution >= 4 is 5.97 Å². The van der Waals surface area contributed by atoms with Crippen LogP contribution in [0.1, 0.15) is 48.0 Å². The minimum atomic E-state index is -0.383. The number of rotatable bonds is 2. The lowest BCUT2D eigenvalue weighted by Crippen LogP contribution is -2.33. The maximum absolute atomic E-state index is 12.1. The SMILES string of the molecule is CC(C)(C)C[C@@H]1CNC[C@H]1C(=O)OC(C)(C)C. The summed E-state index contributed by atoms with van der Waals surface area (Å²) in [6.45, 7) is 14.1. The third kappa shape index (κ3) is 5.07. The van der Waals surface area contributed by atoms with Crippen LogP contribution in [-0.4, -0.2) is 24.7 Å². The number of ether oxygens (including phenoxy) is 1. The van der Waals surface area contributed by atoms with E-state index >= 15 is 0 Å². The van der Waals surface area contributed by atoms with Crippen LogP contribution in [-0.2, 0) is 9.53 Å². The summed E-state index contributed by atoms with van der Waals surface area (Å²) < 4.78 is 5.49. The van der Waals surface area contributed by atoms with Crippen molar-refractivity contribution in [2.24, 2.45) is 17.3 Å². The Labute approximate surface area is 105 Å². The first-order valence-corrected chi connectivity index (χ1v) is 6.52. The van der Waals surface area contributed by atoms with Crippen molar-refractivity contribution in [1.82, 2.24) is 5.32 Å². The maximum Gasteiger partial charge on any atom is 0.311 e. The van der Waals surface area contributed by atoms with Crippen LogP contribution in [0.4, 0.5) is 0 Å². The standard InChI is InChI=1S/C14H27NO2/c1-13(2,3)7-10-8-15-9-11(10)12(16)17-14(4,5)6/h10-11,15H,7-9H2,1-6H3/t10-,11-/m1/s1. The fourth-order valence-corrected chi connectivity index (χ4v) is 2.39. The van der Waals surface area contributed by atoms with Gasteiger partial charge in [0.2, 0.25) is 0 Å². The Morgan fingerprint density at radius 2 is 1.76 bits per heavy atom. The second-order valence-corrected chi connectivity index (χ2v) is 7.32. The zero-order valence-electron chi connectivity index (χ0n) is 12.1. The number of hydrogen-bond acceptors (Lipinski definition) is 3. The second-order valence-electron chi connectivity index (χ2n) is 7.32. The van der Waals surface area contributed by atoms with E-state index in [-0.39, 0.29) is 22.9 Å². The van der Waals surface area contributed by atoms with Crippen LogP contribution in [0.15, 0.2) is 0 Å². The molecule has 1 rings (SSSR count). The van der Waals surface area contributed by atoms with E-state index in [1.165, 1.54) is 0 Å². The Hall–Kier alpha value is -0.570. The first-order valence-electron chi connectivity index (χ1n) is 6.52. The van der Waals surface area contributed by atoms with Gasteiger partial charge in [-0.1, -0.05) is 20.8 Å². The highest BCUT2D eigenvalue weighted by molar-refractivity contribution is 5.74. The maximum atomic E-state index is 12.1. The molecule has 0 spiro atoms. The molecule has 1 heterocycles. The molecular weight excluding hydrogens is 214 g/mol. The predicted octanol–water partition coefficient (Wildman–Crippen LogP) is 2.60. The van der Waals surface area contributed by atoms with Gasteiger partial charge in [0.1, 0.15) is 5.60 Å². The van der Waals surface area contributed by atoms with Gasteiger partial charge < -0.3 is 10.1 Å². The Morgan fingerprint density at radius 3 is 2.24 bits per heavy atom. The predicted molar refractivity (Wildman–Crippen MR) is 69.8 cm³/mol. The molecule has 0 unspecified atom stereocenters. The van der Waals surface area contributed by atoms with Crippen LogP contribution in [0.3, 0.4) is 0 Å². The van der Waals surface area contributed by atoms with Crippen LogP contribution in [0.25, 0.3) is 0 Å². The van der Waals surface area contributed by atoms with Gasteiger partial charge in [0.15, 0.2) is 0 Å². The number of nitrogens with one attached hydrogen (secondary N) is 1. The van der Waals surface area contributed by atoms with Crippen molar-refractivity contribution < 1.29 is 9.53 Å². The van der Waals surface area contributed by atoms with Crippen molar-refractivity contribution in [3.63, 3.8) is 0 Å². The summed E-state index contributed by atoms with van der Waals surface area (Å²) in [4.78, 5) is 12.1. The van der Waals surface area contributed by atoms with Crippen LogP contribution in [0.5, 0.6) is 0 Å². The van der Waals surface area contributed by atoms with Gasteiger partial charge in [-0.25, -0.2) is 0 Å². The monoisotopic (exact) mass is 241 g/mol. The molecule has 3 nitrogen and oxygen atoms in total. The average Bonchev–Trinajstić information content (AvgIpc) is 2.45. The molecule has 100 valence electrons.